The van der Waals surface area contributed by atoms with E-state index in [1.165, 1.54) is 23.1 Å². The fourth-order valence-electron chi connectivity index (χ4n) is 6.97. The highest BCUT2D eigenvalue weighted by molar-refractivity contribution is 6.07. The summed E-state index contributed by atoms with van der Waals surface area (Å²) in [5.41, 5.74) is 5.16. The Balaban J connectivity index is 0.982. The van der Waals surface area contributed by atoms with E-state index in [1.54, 1.807) is 6.92 Å². The molecule has 3 aromatic rings. The van der Waals surface area contributed by atoms with Gasteiger partial charge in [-0.3, -0.25) is 34.2 Å². The average Bonchev–Trinajstić information content (AvgIpc) is 3.26. The number of rotatable bonds is 10. The van der Waals surface area contributed by atoms with Crippen LogP contribution >= 0.6 is 0 Å². The SMILES string of the molecule is Cc1ccc(NC(=O)COC(=O)CCCCCN2C(=O)[C@@H]3C4c5ccccc5C(c5ccccc54)[C@@H]3C2=O)cc1[N+](=O)[O-]. The molecule has 1 fully saturated rings. The summed E-state index contributed by atoms with van der Waals surface area (Å²) >= 11 is 0. The third-order valence-corrected chi connectivity index (χ3v) is 8.86. The molecule has 220 valence electrons. The number of carbonyl (C=O) groups excluding carboxylic acids is 4. The molecule has 0 saturated carbocycles. The molecule has 3 amide bonds. The Kier molecular flexibility index (Phi) is 7.52. The number of nitrogens with zero attached hydrogens (tertiary/aromatic N) is 2. The van der Waals surface area contributed by atoms with Crippen molar-refractivity contribution < 1.29 is 28.8 Å². The van der Waals surface area contributed by atoms with Crippen molar-refractivity contribution in [2.75, 3.05) is 18.5 Å². The second-order valence-electron chi connectivity index (χ2n) is 11.4. The number of esters is 1. The highest BCUT2D eigenvalue weighted by Crippen LogP contribution is 2.60. The lowest BCUT2D eigenvalue weighted by Crippen LogP contribution is -2.41. The Bertz CT molecular complexity index is 1540. The number of likely N-dealkylation sites (tertiary alicyclic amines) is 1. The number of anilines is 1. The Hall–Kier alpha value is -4.86. The van der Waals surface area contributed by atoms with Gasteiger partial charge < -0.3 is 10.1 Å². The van der Waals surface area contributed by atoms with Crippen molar-refractivity contribution in [2.45, 2.75) is 44.4 Å². The van der Waals surface area contributed by atoms with Crippen LogP contribution in [0.3, 0.4) is 0 Å². The molecule has 1 N–H and O–H groups in total. The molecule has 1 aliphatic heterocycles. The number of hydrogen-bond acceptors (Lipinski definition) is 7. The van der Waals surface area contributed by atoms with Crippen LogP contribution in [0.25, 0.3) is 0 Å². The minimum Gasteiger partial charge on any atom is -0.456 e. The number of nitrogens with one attached hydrogen (secondary N) is 1. The summed E-state index contributed by atoms with van der Waals surface area (Å²) in [6, 6.07) is 20.6. The van der Waals surface area contributed by atoms with Gasteiger partial charge in [-0.05, 0) is 48.1 Å². The van der Waals surface area contributed by atoms with Crippen molar-refractivity contribution in [3.8, 4) is 0 Å². The third-order valence-electron chi connectivity index (χ3n) is 8.86. The van der Waals surface area contributed by atoms with Crippen molar-refractivity contribution in [2.24, 2.45) is 11.8 Å². The maximum atomic E-state index is 13.6. The quantitative estimate of drug-likeness (QED) is 0.119. The average molecular weight is 582 g/mol. The normalized spacial score (nSPS) is 21.2. The van der Waals surface area contributed by atoms with Crippen molar-refractivity contribution in [3.05, 3.63) is 105 Å². The molecule has 2 atom stereocenters. The van der Waals surface area contributed by atoms with Gasteiger partial charge >= 0.3 is 5.97 Å². The molecule has 3 aromatic carbocycles. The Morgan fingerprint density at radius 3 is 1.95 bits per heavy atom. The van der Waals surface area contributed by atoms with E-state index >= 15 is 0 Å². The van der Waals surface area contributed by atoms with Crippen molar-refractivity contribution in [1.82, 2.24) is 4.90 Å². The molecule has 1 saturated heterocycles. The Labute approximate surface area is 248 Å². The molecule has 0 aromatic heterocycles. The molecule has 0 unspecified atom stereocenters. The number of benzene rings is 3. The molecular formula is C33H31N3O7. The predicted octanol–water partition coefficient (Wildman–Crippen LogP) is 4.84. The maximum absolute atomic E-state index is 13.6. The lowest BCUT2D eigenvalue weighted by Gasteiger charge is -2.45. The van der Waals surface area contributed by atoms with Crippen LogP contribution in [0.2, 0.25) is 0 Å². The van der Waals surface area contributed by atoms with Gasteiger partial charge in [-0.25, -0.2) is 0 Å². The number of ether oxygens (including phenoxy) is 1. The first kappa shape index (κ1) is 28.3. The zero-order valence-electron chi connectivity index (χ0n) is 23.7. The molecule has 1 heterocycles. The largest absolute Gasteiger partial charge is 0.456 e. The summed E-state index contributed by atoms with van der Waals surface area (Å²) in [5.74, 6) is -2.41. The molecule has 10 nitrogen and oxygen atoms in total. The highest BCUT2D eigenvalue weighted by atomic mass is 16.6. The van der Waals surface area contributed by atoms with E-state index in [1.807, 2.05) is 24.3 Å². The van der Waals surface area contributed by atoms with Gasteiger partial charge in [-0.1, -0.05) is 61.0 Å². The van der Waals surface area contributed by atoms with Crippen LogP contribution in [-0.4, -0.2) is 46.7 Å². The van der Waals surface area contributed by atoms with Crippen LogP contribution in [0.15, 0.2) is 66.7 Å². The number of carbonyl (C=O) groups is 4. The zero-order valence-corrected chi connectivity index (χ0v) is 23.7. The first-order valence-corrected chi connectivity index (χ1v) is 14.5. The first-order valence-electron chi connectivity index (χ1n) is 14.5. The number of unbranched alkanes of at least 4 members (excludes halogenated alkanes) is 2. The molecule has 10 heteroatoms. The van der Waals surface area contributed by atoms with Crippen LogP contribution < -0.4 is 5.32 Å². The van der Waals surface area contributed by atoms with Crippen molar-refractivity contribution >= 4 is 35.1 Å². The smallest absolute Gasteiger partial charge is 0.306 e. The number of imide groups is 1. The standard InChI is InChI=1S/C33H31N3O7/c1-19-14-15-20(17-25(19)36(41)42)34-26(37)18-43-27(38)13-3-2-8-16-35-32(39)30-28-21-9-4-5-10-22(21)29(31(30)33(35)40)24-12-7-6-11-23(24)28/h4-7,9-12,14-15,17,28-31H,2-3,8,13,16,18H2,1H3,(H,34,37)/t28?,29?,30-,31+. The summed E-state index contributed by atoms with van der Waals surface area (Å²) < 4.78 is 5.04. The van der Waals surface area contributed by atoms with E-state index in [0.717, 1.165) is 22.3 Å². The third kappa shape index (κ3) is 5.07. The second kappa shape index (κ2) is 11.4. The molecule has 0 radical (unpaired) electrons. The highest BCUT2D eigenvalue weighted by Gasteiger charge is 2.61. The molecule has 3 aliphatic carbocycles. The van der Waals surface area contributed by atoms with Crippen molar-refractivity contribution in [1.29, 1.82) is 0 Å². The number of hydrogen-bond donors (Lipinski definition) is 1. The molecule has 7 rings (SSSR count). The summed E-state index contributed by atoms with van der Waals surface area (Å²) in [5, 5.41) is 13.6. The number of nitro groups is 1. The summed E-state index contributed by atoms with van der Waals surface area (Å²) in [6.45, 7) is 1.39. The van der Waals surface area contributed by atoms with E-state index < -0.39 is 35.2 Å². The predicted molar refractivity (Wildman–Crippen MR) is 156 cm³/mol. The van der Waals surface area contributed by atoms with Gasteiger partial charge in [0.1, 0.15) is 0 Å². The van der Waals surface area contributed by atoms with Gasteiger partial charge in [-0.2, -0.15) is 0 Å². The Morgan fingerprint density at radius 2 is 1.42 bits per heavy atom. The van der Waals surface area contributed by atoms with Crippen molar-refractivity contribution in [3.63, 3.8) is 0 Å². The second-order valence-corrected chi connectivity index (χ2v) is 11.4. The Morgan fingerprint density at radius 1 is 0.860 bits per heavy atom. The lowest BCUT2D eigenvalue weighted by molar-refractivity contribution is -0.385. The van der Waals surface area contributed by atoms with Gasteiger partial charge in [0.25, 0.3) is 11.6 Å². The van der Waals surface area contributed by atoms with Crippen LogP contribution in [0.5, 0.6) is 0 Å². The lowest BCUT2D eigenvalue weighted by atomic mass is 9.55. The maximum Gasteiger partial charge on any atom is 0.306 e. The fraction of sp³-hybridized carbons (Fsp3) is 0.333. The van der Waals surface area contributed by atoms with Crippen LogP contribution in [0.1, 0.15) is 65.3 Å². The molecular weight excluding hydrogens is 550 g/mol. The first-order chi connectivity index (χ1) is 20.8. The summed E-state index contributed by atoms with van der Waals surface area (Å²) in [4.78, 5) is 63.6. The van der Waals surface area contributed by atoms with Gasteiger partial charge in [0.2, 0.25) is 11.8 Å². The van der Waals surface area contributed by atoms with Gasteiger partial charge in [0.15, 0.2) is 6.61 Å². The summed E-state index contributed by atoms with van der Waals surface area (Å²) in [7, 11) is 0. The minimum absolute atomic E-state index is 0.0885. The van der Waals surface area contributed by atoms with E-state index in [2.05, 4.69) is 29.6 Å². The summed E-state index contributed by atoms with van der Waals surface area (Å²) in [6.07, 6.45) is 1.74. The van der Waals surface area contributed by atoms with E-state index in [-0.39, 0.29) is 41.4 Å². The molecule has 4 aliphatic rings. The van der Waals surface area contributed by atoms with Crippen LogP contribution in [0.4, 0.5) is 11.4 Å². The van der Waals surface area contributed by atoms with Gasteiger partial charge in [-0.15, -0.1) is 0 Å². The number of amides is 3. The molecule has 0 spiro atoms. The van der Waals surface area contributed by atoms with E-state index in [9.17, 15) is 29.3 Å². The fourth-order valence-corrected chi connectivity index (χ4v) is 6.97. The van der Waals surface area contributed by atoms with Gasteiger partial charge in [0, 0.05) is 42.1 Å². The number of nitro benzene ring substituents is 1. The minimum atomic E-state index is -0.600. The topological polar surface area (TPSA) is 136 Å². The van der Waals surface area contributed by atoms with Crippen LogP contribution in [-0.2, 0) is 23.9 Å². The molecule has 2 bridgehead atoms. The number of aryl methyl sites for hydroxylation is 1. The van der Waals surface area contributed by atoms with E-state index in [0.29, 0.717) is 31.4 Å². The van der Waals surface area contributed by atoms with Gasteiger partial charge in [0.05, 0.1) is 16.8 Å². The van der Waals surface area contributed by atoms with E-state index in [4.69, 9.17) is 4.74 Å². The zero-order chi connectivity index (χ0) is 30.2. The molecule has 43 heavy (non-hydrogen) atoms. The van der Waals surface area contributed by atoms with Crippen LogP contribution in [0, 0.1) is 28.9 Å². The monoisotopic (exact) mass is 581 g/mol.